The van der Waals surface area contributed by atoms with Crippen molar-refractivity contribution in [1.29, 1.82) is 0 Å². The van der Waals surface area contributed by atoms with Gasteiger partial charge in [-0.15, -0.1) is 0 Å². The Balaban J connectivity index is 4.42. The molecule has 4 N–H and O–H groups in total. The minimum Gasteiger partial charge on any atom is -0.481 e. The summed E-state index contributed by atoms with van der Waals surface area (Å²) in [6.07, 6.45) is -0.207. The summed E-state index contributed by atoms with van der Waals surface area (Å²) in [4.78, 5) is 21.8. The zero-order valence-electron chi connectivity index (χ0n) is 9.78. The van der Waals surface area contributed by atoms with Gasteiger partial charge < -0.3 is 20.6 Å². The van der Waals surface area contributed by atoms with Crippen molar-refractivity contribution in [3.05, 3.63) is 0 Å². The Morgan fingerprint density at radius 3 is 2.12 bits per heavy atom. The number of amides is 1. The zero-order valence-corrected chi connectivity index (χ0v) is 9.78. The molecular weight excluding hydrogens is 214 g/mol. The van der Waals surface area contributed by atoms with E-state index in [4.69, 9.17) is 10.2 Å². The first-order valence-corrected chi connectivity index (χ1v) is 4.98. The molecule has 0 unspecified atom stereocenters. The van der Waals surface area contributed by atoms with Crippen molar-refractivity contribution in [2.45, 2.75) is 32.8 Å². The monoisotopic (exact) mass is 233 g/mol. The third kappa shape index (κ3) is 3.46. The van der Waals surface area contributed by atoms with Crippen LogP contribution in [0.4, 0.5) is 0 Å². The van der Waals surface area contributed by atoms with Crippen LogP contribution in [-0.2, 0) is 9.59 Å². The van der Waals surface area contributed by atoms with Gasteiger partial charge in [0.15, 0.2) is 0 Å². The highest BCUT2D eigenvalue weighted by atomic mass is 16.4. The van der Waals surface area contributed by atoms with Gasteiger partial charge in [-0.05, 0) is 6.92 Å². The number of hydrogen-bond acceptors (Lipinski definition) is 4. The molecule has 0 aliphatic heterocycles. The Labute approximate surface area is 94.3 Å². The third-order valence-electron chi connectivity index (χ3n) is 2.78. The van der Waals surface area contributed by atoms with Gasteiger partial charge in [-0.25, -0.2) is 0 Å². The maximum Gasteiger partial charge on any atom is 0.305 e. The van der Waals surface area contributed by atoms with Gasteiger partial charge in [0.2, 0.25) is 0 Å². The van der Waals surface area contributed by atoms with Crippen LogP contribution in [0.5, 0.6) is 0 Å². The molecule has 16 heavy (non-hydrogen) atoms. The van der Waals surface area contributed by atoms with Gasteiger partial charge in [0.25, 0.3) is 5.91 Å². The van der Waals surface area contributed by atoms with Crippen LogP contribution in [0.3, 0.4) is 0 Å². The molecule has 0 saturated carbocycles. The molecule has 6 nitrogen and oxygen atoms in total. The number of aliphatic hydroxyl groups is 2. The molecule has 1 amide bonds. The predicted molar refractivity (Wildman–Crippen MR) is 56.8 cm³/mol. The van der Waals surface area contributed by atoms with Gasteiger partial charge in [0, 0.05) is 12.0 Å². The first-order valence-electron chi connectivity index (χ1n) is 4.98. The first kappa shape index (κ1) is 14.9. The number of carbonyl (C=O) groups is 2. The van der Waals surface area contributed by atoms with E-state index in [1.807, 2.05) is 0 Å². The summed E-state index contributed by atoms with van der Waals surface area (Å²) in [7, 11) is 0. The number of aliphatic carboxylic acids is 1. The Bertz CT molecular complexity index is 272. The fourth-order valence-electron chi connectivity index (χ4n) is 0.916. The van der Waals surface area contributed by atoms with E-state index in [9.17, 15) is 14.7 Å². The standard InChI is InChI=1S/C10H19NO5/c1-9(2,6-12)10(3,16)8(15)11-5-4-7(13)14/h12,16H,4-6H2,1-3H3,(H,11,15)(H,13,14)/t10-/m0/s1. The van der Waals surface area contributed by atoms with Crippen LogP contribution in [0, 0.1) is 5.41 Å². The average Bonchev–Trinajstić information content (AvgIpc) is 2.16. The van der Waals surface area contributed by atoms with Gasteiger partial charge in [-0.1, -0.05) is 13.8 Å². The quantitative estimate of drug-likeness (QED) is 0.487. The van der Waals surface area contributed by atoms with Crippen molar-refractivity contribution < 1.29 is 24.9 Å². The lowest BCUT2D eigenvalue weighted by molar-refractivity contribution is -0.154. The van der Waals surface area contributed by atoms with Gasteiger partial charge in [0.05, 0.1) is 13.0 Å². The maximum absolute atomic E-state index is 11.6. The normalized spacial score (nSPS) is 15.3. The van der Waals surface area contributed by atoms with Gasteiger partial charge in [-0.3, -0.25) is 9.59 Å². The van der Waals surface area contributed by atoms with E-state index >= 15 is 0 Å². The highest BCUT2D eigenvalue weighted by Gasteiger charge is 2.45. The lowest BCUT2D eigenvalue weighted by Gasteiger charge is -2.37. The van der Waals surface area contributed by atoms with E-state index in [1.165, 1.54) is 6.92 Å². The lowest BCUT2D eigenvalue weighted by atomic mass is 9.76. The number of rotatable bonds is 6. The summed E-state index contributed by atoms with van der Waals surface area (Å²) in [6, 6.07) is 0. The smallest absolute Gasteiger partial charge is 0.305 e. The van der Waals surface area contributed by atoms with E-state index in [2.05, 4.69) is 5.32 Å². The van der Waals surface area contributed by atoms with Crippen molar-refractivity contribution in [1.82, 2.24) is 5.32 Å². The van der Waals surface area contributed by atoms with E-state index in [0.717, 1.165) is 0 Å². The summed E-state index contributed by atoms with van der Waals surface area (Å²) in [5, 5.41) is 29.7. The second-order valence-electron chi connectivity index (χ2n) is 4.51. The molecule has 0 aromatic carbocycles. The average molecular weight is 233 g/mol. The number of hydrogen-bond donors (Lipinski definition) is 4. The van der Waals surface area contributed by atoms with Crippen molar-refractivity contribution in [2.75, 3.05) is 13.2 Å². The van der Waals surface area contributed by atoms with Crippen LogP contribution in [-0.4, -0.2) is 45.9 Å². The summed E-state index contributed by atoms with van der Waals surface area (Å²) in [5.74, 6) is -1.71. The van der Waals surface area contributed by atoms with Crippen molar-refractivity contribution >= 4 is 11.9 Å². The molecule has 0 spiro atoms. The molecule has 0 saturated heterocycles. The molecule has 0 aliphatic carbocycles. The largest absolute Gasteiger partial charge is 0.481 e. The Kier molecular flexibility index (Phi) is 4.89. The summed E-state index contributed by atoms with van der Waals surface area (Å²) in [6.45, 7) is 3.98. The number of carbonyl (C=O) groups excluding carboxylic acids is 1. The topological polar surface area (TPSA) is 107 Å². The molecule has 6 heteroatoms. The number of nitrogens with one attached hydrogen (secondary N) is 1. The molecule has 1 atom stereocenters. The molecule has 0 bridgehead atoms. The van der Waals surface area contributed by atoms with Crippen LogP contribution < -0.4 is 5.32 Å². The highest BCUT2D eigenvalue weighted by Crippen LogP contribution is 2.30. The second kappa shape index (κ2) is 5.27. The molecule has 94 valence electrons. The predicted octanol–water partition coefficient (Wildman–Crippen LogP) is -0.653. The Hall–Kier alpha value is -1.14. The Morgan fingerprint density at radius 1 is 1.25 bits per heavy atom. The SMILES string of the molecule is CC(C)(CO)[C@@](C)(O)C(=O)NCCC(=O)O. The van der Waals surface area contributed by atoms with Crippen LogP contribution in [0.25, 0.3) is 0 Å². The van der Waals surface area contributed by atoms with Crippen molar-refractivity contribution in [2.24, 2.45) is 5.41 Å². The van der Waals surface area contributed by atoms with E-state index in [0.29, 0.717) is 0 Å². The fraction of sp³-hybridized carbons (Fsp3) is 0.800. The molecular formula is C10H19NO5. The van der Waals surface area contributed by atoms with E-state index in [-0.39, 0.29) is 19.6 Å². The van der Waals surface area contributed by atoms with Crippen molar-refractivity contribution in [3.63, 3.8) is 0 Å². The minimum atomic E-state index is -1.75. The lowest BCUT2D eigenvalue weighted by Crippen LogP contribution is -2.55. The van der Waals surface area contributed by atoms with Gasteiger partial charge >= 0.3 is 5.97 Å². The molecule has 0 aliphatic rings. The molecule has 0 aromatic rings. The number of carboxylic acids is 1. The fourth-order valence-corrected chi connectivity index (χ4v) is 0.916. The first-order chi connectivity index (χ1) is 7.15. The molecule has 0 aromatic heterocycles. The highest BCUT2D eigenvalue weighted by molar-refractivity contribution is 5.85. The molecule has 0 rings (SSSR count). The molecule has 0 heterocycles. The maximum atomic E-state index is 11.6. The third-order valence-corrected chi connectivity index (χ3v) is 2.78. The summed E-state index contributed by atoms with van der Waals surface area (Å²) in [5.41, 5.74) is -2.75. The van der Waals surface area contributed by atoms with E-state index in [1.54, 1.807) is 13.8 Å². The van der Waals surface area contributed by atoms with Crippen LogP contribution in [0.2, 0.25) is 0 Å². The second-order valence-corrected chi connectivity index (χ2v) is 4.51. The summed E-state index contributed by atoms with van der Waals surface area (Å²) < 4.78 is 0. The van der Waals surface area contributed by atoms with Crippen LogP contribution >= 0.6 is 0 Å². The number of carboxylic acid groups (broad SMARTS) is 1. The molecule has 0 radical (unpaired) electrons. The Morgan fingerprint density at radius 2 is 1.75 bits per heavy atom. The molecule has 0 fully saturated rings. The number of aliphatic hydroxyl groups excluding tert-OH is 1. The zero-order chi connectivity index (χ0) is 13.0. The van der Waals surface area contributed by atoms with Gasteiger partial charge in [-0.2, -0.15) is 0 Å². The summed E-state index contributed by atoms with van der Waals surface area (Å²) >= 11 is 0. The van der Waals surface area contributed by atoms with Gasteiger partial charge in [0.1, 0.15) is 5.60 Å². The van der Waals surface area contributed by atoms with E-state index < -0.39 is 22.9 Å². The van der Waals surface area contributed by atoms with Crippen molar-refractivity contribution in [3.8, 4) is 0 Å². The minimum absolute atomic E-state index is 0.0498. The van der Waals surface area contributed by atoms with Crippen LogP contribution in [0.1, 0.15) is 27.2 Å². The van der Waals surface area contributed by atoms with Crippen LogP contribution in [0.15, 0.2) is 0 Å².